The maximum Gasteiger partial charge on any atom is 0.288 e. The molecule has 0 spiro atoms. The first-order valence-corrected chi connectivity index (χ1v) is 6.25. The summed E-state index contributed by atoms with van der Waals surface area (Å²) >= 11 is 0. The molecule has 2 rings (SSSR count). The third-order valence-electron chi connectivity index (χ3n) is 3.24. The lowest BCUT2D eigenvalue weighted by Crippen LogP contribution is -2.19. The van der Waals surface area contributed by atoms with Crippen molar-refractivity contribution < 1.29 is 9.59 Å². The third-order valence-corrected chi connectivity index (χ3v) is 3.24. The molecule has 0 aliphatic heterocycles. The van der Waals surface area contributed by atoms with Gasteiger partial charge >= 0.3 is 0 Å². The zero-order valence-corrected chi connectivity index (χ0v) is 11.7. The maximum absolute atomic E-state index is 11.5. The van der Waals surface area contributed by atoms with Crippen LogP contribution < -0.4 is 5.32 Å². The summed E-state index contributed by atoms with van der Waals surface area (Å²) in [4.78, 5) is 25.5. The van der Waals surface area contributed by atoms with Crippen molar-refractivity contribution in [2.24, 2.45) is 0 Å². The van der Waals surface area contributed by atoms with Crippen LogP contribution >= 0.6 is 0 Å². The molecule has 1 amide bonds. The molecule has 1 aliphatic carbocycles. The molecule has 20 heavy (non-hydrogen) atoms. The number of nitrogens with zero attached hydrogens (tertiary/aromatic N) is 2. The van der Waals surface area contributed by atoms with Crippen LogP contribution in [0.2, 0.25) is 0 Å². The fourth-order valence-electron chi connectivity index (χ4n) is 1.93. The minimum absolute atomic E-state index is 0.151. The number of hydrogen-bond acceptors (Lipinski definition) is 4. The molecule has 0 saturated heterocycles. The van der Waals surface area contributed by atoms with E-state index in [0.29, 0.717) is 11.4 Å². The number of carbonyl (C=O) groups is 2. The Kier molecular flexibility index (Phi) is 3.93. The molecule has 1 aromatic heterocycles. The lowest BCUT2D eigenvalue weighted by Gasteiger charge is -2.02. The Labute approximate surface area is 116 Å². The highest BCUT2D eigenvalue weighted by Gasteiger charge is 2.16. The number of aldehydes is 1. The summed E-state index contributed by atoms with van der Waals surface area (Å²) in [6, 6.07) is 0. The Morgan fingerprint density at radius 2 is 2.15 bits per heavy atom. The van der Waals surface area contributed by atoms with Gasteiger partial charge in [-0.2, -0.15) is 0 Å². The van der Waals surface area contributed by atoms with Crippen LogP contribution in [0.15, 0.2) is 28.9 Å². The number of amides is 1. The summed E-state index contributed by atoms with van der Waals surface area (Å²) in [6.07, 6.45) is 5.32. The van der Waals surface area contributed by atoms with Gasteiger partial charge in [-0.05, 0) is 31.9 Å². The van der Waals surface area contributed by atoms with Crippen molar-refractivity contribution in [2.45, 2.75) is 20.3 Å². The van der Waals surface area contributed by atoms with Gasteiger partial charge in [-0.25, -0.2) is 0 Å². The van der Waals surface area contributed by atoms with Crippen molar-refractivity contribution in [1.29, 1.82) is 0 Å². The molecule has 0 fully saturated rings. The molecular weight excluding hydrogens is 256 g/mol. The lowest BCUT2D eigenvalue weighted by molar-refractivity contribution is -0.104. The Bertz CT molecular complexity index is 650. The molecule has 6 heteroatoms. The van der Waals surface area contributed by atoms with E-state index < -0.39 is 0 Å². The predicted molar refractivity (Wildman–Crippen MR) is 74.9 cm³/mol. The minimum Gasteiger partial charge on any atom is -0.352 e. The number of hydrogen-bond donors (Lipinski definition) is 2. The first kappa shape index (κ1) is 13.9. The topological polar surface area (TPSA) is 87.7 Å². The van der Waals surface area contributed by atoms with Crippen LogP contribution in [0.3, 0.4) is 0 Å². The van der Waals surface area contributed by atoms with E-state index >= 15 is 0 Å². The highest BCUT2D eigenvalue weighted by molar-refractivity contribution is 5.91. The number of H-pyrrole nitrogens is 1. The molecule has 0 bridgehead atoms. The largest absolute Gasteiger partial charge is 0.352 e. The number of aromatic nitrogens is 3. The van der Waals surface area contributed by atoms with Crippen molar-refractivity contribution in [2.75, 3.05) is 7.05 Å². The number of carbonyl (C=O) groups excluding carboxylic acids is 2. The van der Waals surface area contributed by atoms with Crippen molar-refractivity contribution in [1.82, 2.24) is 20.5 Å². The average Bonchev–Trinajstić information content (AvgIpc) is 2.89. The number of nitrogens with one attached hydrogen (secondary N) is 2. The van der Waals surface area contributed by atoms with Crippen LogP contribution in [0.1, 0.15) is 36.7 Å². The first-order chi connectivity index (χ1) is 9.56. The second-order valence-corrected chi connectivity index (χ2v) is 4.60. The summed E-state index contributed by atoms with van der Waals surface area (Å²) in [7, 11) is 1.53. The van der Waals surface area contributed by atoms with Gasteiger partial charge < -0.3 is 10.3 Å². The molecule has 0 saturated carbocycles. The van der Waals surface area contributed by atoms with E-state index in [1.165, 1.54) is 7.05 Å². The zero-order valence-electron chi connectivity index (χ0n) is 11.7. The second-order valence-electron chi connectivity index (χ2n) is 4.60. The summed E-state index contributed by atoms with van der Waals surface area (Å²) in [6.45, 7) is 3.86. The van der Waals surface area contributed by atoms with E-state index in [1.54, 1.807) is 6.08 Å². The number of allylic oxidation sites excluding steroid dienone is 6. The van der Waals surface area contributed by atoms with E-state index in [1.807, 2.05) is 19.9 Å². The van der Waals surface area contributed by atoms with E-state index in [-0.39, 0.29) is 11.7 Å². The maximum atomic E-state index is 11.5. The van der Waals surface area contributed by atoms with Gasteiger partial charge in [0, 0.05) is 18.2 Å². The van der Waals surface area contributed by atoms with Crippen LogP contribution in [0.25, 0.3) is 5.57 Å². The van der Waals surface area contributed by atoms with Gasteiger partial charge in [0.1, 0.15) is 6.29 Å². The predicted octanol–water partition coefficient (Wildman–Crippen LogP) is 1.41. The van der Waals surface area contributed by atoms with Crippen LogP contribution in [-0.2, 0) is 4.79 Å². The van der Waals surface area contributed by atoms with Gasteiger partial charge in [0.2, 0.25) is 5.82 Å². The summed E-state index contributed by atoms with van der Waals surface area (Å²) in [5.41, 5.74) is 3.39. The average molecular weight is 272 g/mol. The Morgan fingerprint density at radius 1 is 1.40 bits per heavy atom. The van der Waals surface area contributed by atoms with Crippen LogP contribution in [0, 0.1) is 0 Å². The van der Waals surface area contributed by atoms with Crippen LogP contribution in [-0.4, -0.2) is 34.4 Å². The lowest BCUT2D eigenvalue weighted by atomic mass is 10.1. The smallest absolute Gasteiger partial charge is 0.288 e. The molecule has 0 radical (unpaired) electrons. The molecule has 6 nitrogen and oxygen atoms in total. The van der Waals surface area contributed by atoms with Gasteiger partial charge in [-0.3, -0.25) is 9.59 Å². The van der Waals surface area contributed by atoms with Gasteiger partial charge in [0.25, 0.3) is 5.91 Å². The molecule has 0 atom stereocenters. The molecule has 1 aliphatic rings. The monoisotopic (exact) mass is 272 g/mol. The standard InChI is InChI=1S/C14H16N4O2/c1-8-4-5-9(2)11(6-10(8)7-19)12-16-13(18-17-12)14(20)15-3/h4,6-7H,5H2,1-3H3,(H,15,20)(H,16,17,18). The van der Waals surface area contributed by atoms with Crippen LogP contribution in [0.5, 0.6) is 0 Å². The molecule has 1 heterocycles. The second kappa shape index (κ2) is 5.64. The number of aromatic amines is 1. The van der Waals surface area contributed by atoms with E-state index in [0.717, 1.165) is 29.4 Å². The molecule has 1 aromatic rings. The van der Waals surface area contributed by atoms with Crippen molar-refractivity contribution in [3.8, 4) is 0 Å². The molecular formula is C14H16N4O2. The van der Waals surface area contributed by atoms with Crippen molar-refractivity contribution in [3.63, 3.8) is 0 Å². The van der Waals surface area contributed by atoms with Crippen molar-refractivity contribution in [3.05, 3.63) is 40.5 Å². The van der Waals surface area contributed by atoms with Gasteiger partial charge in [-0.1, -0.05) is 11.6 Å². The SMILES string of the molecule is CNC(=O)c1nnc(C2=C(C)CC=C(C)C(C=O)=C2)[nH]1. The Morgan fingerprint density at radius 3 is 2.80 bits per heavy atom. The van der Waals surface area contributed by atoms with Gasteiger partial charge in [0.05, 0.1) is 0 Å². The molecule has 0 aromatic carbocycles. The minimum atomic E-state index is -0.329. The Balaban J connectivity index is 2.45. The molecule has 2 N–H and O–H groups in total. The number of rotatable bonds is 3. The normalized spacial score (nSPS) is 15.3. The summed E-state index contributed by atoms with van der Waals surface area (Å²) < 4.78 is 0. The van der Waals surface area contributed by atoms with E-state index in [4.69, 9.17) is 0 Å². The quantitative estimate of drug-likeness (QED) is 0.814. The highest BCUT2D eigenvalue weighted by atomic mass is 16.2. The molecule has 0 unspecified atom stereocenters. The van der Waals surface area contributed by atoms with E-state index in [9.17, 15) is 9.59 Å². The summed E-state index contributed by atoms with van der Waals surface area (Å²) in [5, 5.41) is 10.3. The molecule has 104 valence electrons. The van der Waals surface area contributed by atoms with Crippen LogP contribution in [0.4, 0.5) is 0 Å². The fourth-order valence-corrected chi connectivity index (χ4v) is 1.93. The Hall–Kier alpha value is -2.50. The zero-order chi connectivity index (χ0) is 14.7. The fraction of sp³-hybridized carbons (Fsp3) is 0.286. The summed E-state index contributed by atoms with van der Waals surface area (Å²) in [5.74, 6) is 0.311. The van der Waals surface area contributed by atoms with E-state index in [2.05, 4.69) is 20.5 Å². The van der Waals surface area contributed by atoms with Gasteiger partial charge in [0.15, 0.2) is 5.82 Å². The van der Waals surface area contributed by atoms with Gasteiger partial charge in [-0.15, -0.1) is 10.2 Å². The first-order valence-electron chi connectivity index (χ1n) is 6.25. The third kappa shape index (κ3) is 2.59. The highest BCUT2D eigenvalue weighted by Crippen LogP contribution is 2.26. The van der Waals surface area contributed by atoms with Crippen molar-refractivity contribution >= 4 is 17.8 Å².